The first-order chi connectivity index (χ1) is 8.21. The minimum Gasteiger partial charge on any atom is -0.381 e. The summed E-state index contributed by atoms with van der Waals surface area (Å²) in [6, 6.07) is 4.04. The standard InChI is InChI=1S/C14H24N2O/c1-4-7-12(8-5-2)15-13-9-10-14(17)16(6-3)11-13/h9-12,15H,4-8H2,1-3H3. The van der Waals surface area contributed by atoms with Crippen molar-refractivity contribution in [3.05, 3.63) is 28.7 Å². The maximum atomic E-state index is 11.5. The van der Waals surface area contributed by atoms with Gasteiger partial charge in [-0.3, -0.25) is 4.79 Å². The Balaban J connectivity index is 2.74. The van der Waals surface area contributed by atoms with Crippen molar-refractivity contribution in [2.75, 3.05) is 5.32 Å². The molecule has 1 rings (SSSR count). The fraction of sp³-hybridized carbons (Fsp3) is 0.643. The van der Waals surface area contributed by atoms with Crippen LogP contribution in [-0.2, 0) is 6.54 Å². The monoisotopic (exact) mass is 236 g/mol. The summed E-state index contributed by atoms with van der Waals surface area (Å²) in [6.45, 7) is 7.12. The molecule has 1 aromatic rings. The zero-order valence-electron chi connectivity index (χ0n) is 11.2. The van der Waals surface area contributed by atoms with Gasteiger partial charge in [0, 0.05) is 24.8 Å². The van der Waals surface area contributed by atoms with Gasteiger partial charge >= 0.3 is 0 Å². The van der Waals surface area contributed by atoms with E-state index in [1.54, 1.807) is 10.6 Å². The van der Waals surface area contributed by atoms with E-state index in [0.29, 0.717) is 6.04 Å². The van der Waals surface area contributed by atoms with Gasteiger partial charge in [0.25, 0.3) is 5.56 Å². The van der Waals surface area contributed by atoms with Crippen molar-refractivity contribution in [1.29, 1.82) is 0 Å². The van der Waals surface area contributed by atoms with Gasteiger partial charge in [-0.1, -0.05) is 26.7 Å². The van der Waals surface area contributed by atoms with E-state index >= 15 is 0 Å². The first-order valence-electron chi connectivity index (χ1n) is 6.68. The largest absolute Gasteiger partial charge is 0.381 e. The fourth-order valence-electron chi connectivity index (χ4n) is 2.09. The first kappa shape index (κ1) is 13.8. The third-order valence-electron chi connectivity index (χ3n) is 2.97. The van der Waals surface area contributed by atoms with E-state index in [2.05, 4.69) is 19.2 Å². The van der Waals surface area contributed by atoms with Crippen molar-refractivity contribution < 1.29 is 0 Å². The molecule has 0 spiro atoms. The molecule has 3 nitrogen and oxygen atoms in total. The summed E-state index contributed by atoms with van der Waals surface area (Å²) in [7, 11) is 0. The van der Waals surface area contributed by atoms with E-state index in [1.165, 1.54) is 25.7 Å². The Morgan fingerprint density at radius 3 is 2.35 bits per heavy atom. The highest BCUT2D eigenvalue weighted by Gasteiger charge is 2.06. The Bertz CT molecular complexity index is 378. The lowest BCUT2D eigenvalue weighted by Crippen LogP contribution is -2.22. The minimum atomic E-state index is 0.0700. The average Bonchev–Trinajstić information content (AvgIpc) is 2.32. The van der Waals surface area contributed by atoms with E-state index in [0.717, 1.165) is 12.2 Å². The predicted molar refractivity (Wildman–Crippen MR) is 73.6 cm³/mol. The number of hydrogen-bond acceptors (Lipinski definition) is 2. The van der Waals surface area contributed by atoms with Crippen LogP contribution in [0.25, 0.3) is 0 Å². The van der Waals surface area contributed by atoms with Crippen LogP contribution in [-0.4, -0.2) is 10.6 Å². The maximum absolute atomic E-state index is 11.5. The Kier molecular flexibility index (Phi) is 5.81. The van der Waals surface area contributed by atoms with E-state index in [9.17, 15) is 4.79 Å². The molecular weight excluding hydrogens is 212 g/mol. The Morgan fingerprint density at radius 2 is 1.82 bits per heavy atom. The lowest BCUT2D eigenvalue weighted by molar-refractivity contribution is 0.585. The molecule has 1 aromatic heterocycles. The topological polar surface area (TPSA) is 34.0 Å². The number of rotatable bonds is 7. The quantitative estimate of drug-likeness (QED) is 0.788. The second kappa shape index (κ2) is 7.15. The molecule has 0 unspecified atom stereocenters. The van der Waals surface area contributed by atoms with Crippen molar-refractivity contribution >= 4 is 5.69 Å². The number of aromatic nitrogens is 1. The van der Waals surface area contributed by atoms with Crippen LogP contribution in [0.15, 0.2) is 23.1 Å². The SMILES string of the molecule is CCCC(CCC)Nc1ccc(=O)n(CC)c1. The summed E-state index contributed by atoms with van der Waals surface area (Å²) >= 11 is 0. The van der Waals surface area contributed by atoms with Crippen molar-refractivity contribution in [2.24, 2.45) is 0 Å². The van der Waals surface area contributed by atoms with Crippen LogP contribution in [0.2, 0.25) is 0 Å². The number of hydrogen-bond donors (Lipinski definition) is 1. The molecule has 0 aliphatic carbocycles. The fourth-order valence-corrected chi connectivity index (χ4v) is 2.09. The molecule has 0 aromatic carbocycles. The molecular formula is C14H24N2O. The molecule has 0 fully saturated rings. The highest BCUT2D eigenvalue weighted by Crippen LogP contribution is 2.12. The summed E-state index contributed by atoms with van der Waals surface area (Å²) in [4.78, 5) is 11.5. The Labute approximate surface area is 104 Å². The molecule has 0 aliphatic rings. The minimum absolute atomic E-state index is 0.0700. The van der Waals surface area contributed by atoms with Crippen molar-refractivity contribution in [2.45, 2.75) is 59.0 Å². The van der Waals surface area contributed by atoms with Gasteiger partial charge in [-0.25, -0.2) is 0 Å². The first-order valence-corrected chi connectivity index (χ1v) is 6.68. The maximum Gasteiger partial charge on any atom is 0.250 e. The van der Waals surface area contributed by atoms with Crippen LogP contribution in [0.4, 0.5) is 5.69 Å². The van der Waals surface area contributed by atoms with Gasteiger partial charge in [-0.2, -0.15) is 0 Å². The molecule has 0 saturated heterocycles. The van der Waals surface area contributed by atoms with Crippen LogP contribution >= 0.6 is 0 Å². The second-order valence-electron chi connectivity index (χ2n) is 4.46. The van der Waals surface area contributed by atoms with Crippen LogP contribution in [0.1, 0.15) is 46.5 Å². The number of nitrogens with zero attached hydrogens (tertiary/aromatic N) is 1. The molecule has 0 saturated carbocycles. The highest BCUT2D eigenvalue weighted by molar-refractivity contribution is 5.41. The average molecular weight is 236 g/mol. The number of anilines is 1. The smallest absolute Gasteiger partial charge is 0.250 e. The zero-order valence-corrected chi connectivity index (χ0v) is 11.2. The van der Waals surface area contributed by atoms with Gasteiger partial charge in [0.1, 0.15) is 0 Å². The highest BCUT2D eigenvalue weighted by atomic mass is 16.1. The number of pyridine rings is 1. The summed E-state index contributed by atoms with van der Waals surface area (Å²) in [5, 5.41) is 3.52. The van der Waals surface area contributed by atoms with E-state index in [4.69, 9.17) is 0 Å². The Hall–Kier alpha value is -1.25. The van der Waals surface area contributed by atoms with Crippen molar-refractivity contribution in [1.82, 2.24) is 4.57 Å². The third kappa shape index (κ3) is 4.25. The zero-order chi connectivity index (χ0) is 12.7. The van der Waals surface area contributed by atoms with Gasteiger partial charge < -0.3 is 9.88 Å². The van der Waals surface area contributed by atoms with Crippen LogP contribution in [0.5, 0.6) is 0 Å². The van der Waals surface area contributed by atoms with E-state index in [-0.39, 0.29) is 5.56 Å². The van der Waals surface area contributed by atoms with Crippen molar-refractivity contribution in [3.63, 3.8) is 0 Å². The molecule has 0 radical (unpaired) electrons. The lowest BCUT2D eigenvalue weighted by atomic mass is 10.1. The Morgan fingerprint density at radius 1 is 1.18 bits per heavy atom. The molecule has 0 amide bonds. The number of nitrogens with one attached hydrogen (secondary N) is 1. The normalized spacial score (nSPS) is 10.8. The van der Waals surface area contributed by atoms with E-state index in [1.807, 2.05) is 19.2 Å². The molecule has 0 aliphatic heterocycles. The molecule has 96 valence electrons. The molecule has 17 heavy (non-hydrogen) atoms. The summed E-state index contributed by atoms with van der Waals surface area (Å²) in [5.74, 6) is 0. The summed E-state index contributed by atoms with van der Waals surface area (Å²) in [6.07, 6.45) is 6.65. The van der Waals surface area contributed by atoms with Crippen LogP contribution < -0.4 is 10.9 Å². The molecule has 1 N–H and O–H groups in total. The number of aryl methyl sites for hydroxylation is 1. The van der Waals surface area contributed by atoms with Crippen molar-refractivity contribution in [3.8, 4) is 0 Å². The van der Waals surface area contributed by atoms with Crippen LogP contribution in [0, 0.1) is 0 Å². The summed E-state index contributed by atoms with van der Waals surface area (Å²) < 4.78 is 1.73. The molecule has 3 heteroatoms. The van der Waals surface area contributed by atoms with Gasteiger partial charge in [-0.05, 0) is 25.8 Å². The van der Waals surface area contributed by atoms with E-state index < -0.39 is 0 Å². The molecule has 0 bridgehead atoms. The van der Waals surface area contributed by atoms with Gasteiger partial charge in [0.2, 0.25) is 0 Å². The lowest BCUT2D eigenvalue weighted by Gasteiger charge is -2.19. The van der Waals surface area contributed by atoms with Gasteiger partial charge in [0.15, 0.2) is 0 Å². The molecule has 1 heterocycles. The predicted octanol–water partition coefficient (Wildman–Crippen LogP) is 3.25. The summed E-state index contributed by atoms with van der Waals surface area (Å²) in [5.41, 5.74) is 1.12. The van der Waals surface area contributed by atoms with Crippen LogP contribution in [0.3, 0.4) is 0 Å². The van der Waals surface area contributed by atoms with Gasteiger partial charge in [-0.15, -0.1) is 0 Å². The van der Waals surface area contributed by atoms with Gasteiger partial charge in [0.05, 0.1) is 5.69 Å². The third-order valence-corrected chi connectivity index (χ3v) is 2.97. The molecule has 0 atom stereocenters. The second-order valence-corrected chi connectivity index (χ2v) is 4.46.